The van der Waals surface area contributed by atoms with Gasteiger partial charge in [-0.2, -0.15) is 0 Å². The summed E-state index contributed by atoms with van der Waals surface area (Å²) in [6.45, 7) is 9.09. The Morgan fingerprint density at radius 3 is 2.41 bits per heavy atom. The van der Waals surface area contributed by atoms with E-state index < -0.39 is 11.4 Å². The molecular formula is C13H23NO3. The van der Waals surface area contributed by atoms with E-state index in [1.807, 2.05) is 4.90 Å². The number of amides is 1. The second-order valence-corrected chi connectivity index (χ2v) is 6.00. The smallest absolute Gasteiger partial charge is 0.309 e. The Morgan fingerprint density at radius 2 is 2.00 bits per heavy atom. The first-order valence-electron chi connectivity index (χ1n) is 6.25. The van der Waals surface area contributed by atoms with Crippen molar-refractivity contribution < 1.29 is 14.7 Å². The molecule has 17 heavy (non-hydrogen) atoms. The minimum atomic E-state index is -0.965. The molecule has 4 heteroatoms. The minimum absolute atomic E-state index is 0.0273. The van der Waals surface area contributed by atoms with Crippen molar-refractivity contribution in [3.05, 3.63) is 0 Å². The zero-order valence-corrected chi connectivity index (χ0v) is 11.2. The predicted molar refractivity (Wildman–Crippen MR) is 65.6 cm³/mol. The standard InChI is InChI=1S/C13H23NO3/c1-9(2)10-5-6-14(8-10)11(15)7-13(3,4)12(16)17/h9-10H,5-8H2,1-4H3,(H,16,17). The maximum absolute atomic E-state index is 12.0. The highest BCUT2D eigenvalue weighted by atomic mass is 16.4. The highest BCUT2D eigenvalue weighted by Gasteiger charge is 2.34. The van der Waals surface area contributed by atoms with Crippen molar-refractivity contribution in [3.63, 3.8) is 0 Å². The summed E-state index contributed by atoms with van der Waals surface area (Å²) >= 11 is 0. The lowest BCUT2D eigenvalue weighted by atomic mass is 9.89. The number of hydrogen-bond donors (Lipinski definition) is 1. The number of aliphatic carboxylic acids is 1. The van der Waals surface area contributed by atoms with Crippen LogP contribution in [0, 0.1) is 17.3 Å². The molecule has 0 aromatic rings. The summed E-state index contributed by atoms with van der Waals surface area (Å²) in [5.74, 6) is 0.207. The van der Waals surface area contributed by atoms with Gasteiger partial charge in [-0.05, 0) is 32.1 Å². The Morgan fingerprint density at radius 1 is 1.41 bits per heavy atom. The fraction of sp³-hybridized carbons (Fsp3) is 0.846. The number of hydrogen-bond acceptors (Lipinski definition) is 2. The van der Waals surface area contributed by atoms with Gasteiger partial charge in [0, 0.05) is 19.5 Å². The molecule has 0 aliphatic carbocycles. The number of carbonyl (C=O) groups is 2. The summed E-state index contributed by atoms with van der Waals surface area (Å²) in [5.41, 5.74) is -0.965. The second-order valence-electron chi connectivity index (χ2n) is 6.00. The van der Waals surface area contributed by atoms with Crippen molar-refractivity contribution in [1.82, 2.24) is 4.90 Å². The van der Waals surface area contributed by atoms with Crippen LogP contribution >= 0.6 is 0 Å². The maximum atomic E-state index is 12.0. The number of carboxylic acids is 1. The lowest BCUT2D eigenvalue weighted by molar-refractivity contribution is -0.151. The van der Waals surface area contributed by atoms with E-state index in [1.165, 1.54) is 0 Å². The fourth-order valence-electron chi connectivity index (χ4n) is 2.12. The topological polar surface area (TPSA) is 57.6 Å². The summed E-state index contributed by atoms with van der Waals surface area (Å²) in [6, 6.07) is 0. The molecule has 1 unspecified atom stereocenters. The molecule has 1 saturated heterocycles. The van der Waals surface area contributed by atoms with E-state index in [9.17, 15) is 9.59 Å². The van der Waals surface area contributed by atoms with Crippen LogP contribution in [0.3, 0.4) is 0 Å². The Labute approximate surface area is 103 Å². The van der Waals surface area contributed by atoms with Gasteiger partial charge in [-0.1, -0.05) is 13.8 Å². The van der Waals surface area contributed by atoms with E-state index >= 15 is 0 Å². The normalized spacial score (nSPS) is 21.0. The van der Waals surface area contributed by atoms with E-state index in [0.29, 0.717) is 11.8 Å². The van der Waals surface area contributed by atoms with Gasteiger partial charge in [-0.3, -0.25) is 9.59 Å². The highest BCUT2D eigenvalue weighted by Crippen LogP contribution is 2.27. The Kier molecular flexibility index (Phi) is 4.17. The van der Waals surface area contributed by atoms with Gasteiger partial charge in [-0.15, -0.1) is 0 Å². The molecule has 1 amide bonds. The van der Waals surface area contributed by atoms with Crippen molar-refractivity contribution in [2.75, 3.05) is 13.1 Å². The summed E-state index contributed by atoms with van der Waals surface area (Å²) in [4.78, 5) is 24.8. The van der Waals surface area contributed by atoms with Gasteiger partial charge in [0.15, 0.2) is 0 Å². The van der Waals surface area contributed by atoms with E-state index in [-0.39, 0.29) is 12.3 Å². The Balaban J connectivity index is 2.53. The van der Waals surface area contributed by atoms with Crippen LogP contribution in [-0.4, -0.2) is 35.0 Å². The molecule has 1 fully saturated rings. The first kappa shape index (κ1) is 14.0. The third-order valence-corrected chi connectivity index (χ3v) is 3.69. The van der Waals surface area contributed by atoms with Crippen LogP contribution in [0.1, 0.15) is 40.5 Å². The third kappa shape index (κ3) is 3.45. The molecule has 0 radical (unpaired) electrons. The van der Waals surface area contributed by atoms with Crippen molar-refractivity contribution >= 4 is 11.9 Å². The largest absolute Gasteiger partial charge is 0.481 e. The van der Waals surface area contributed by atoms with Gasteiger partial charge < -0.3 is 10.0 Å². The van der Waals surface area contributed by atoms with Crippen molar-refractivity contribution in [3.8, 4) is 0 Å². The Bertz CT molecular complexity index is 310. The quantitative estimate of drug-likeness (QED) is 0.819. The van der Waals surface area contributed by atoms with Crippen molar-refractivity contribution in [1.29, 1.82) is 0 Å². The first-order valence-corrected chi connectivity index (χ1v) is 6.25. The lowest BCUT2D eigenvalue weighted by Gasteiger charge is -2.23. The predicted octanol–water partition coefficient (Wildman–Crippen LogP) is 1.99. The van der Waals surface area contributed by atoms with Gasteiger partial charge >= 0.3 is 5.97 Å². The monoisotopic (exact) mass is 241 g/mol. The van der Waals surface area contributed by atoms with Crippen LogP contribution in [0.2, 0.25) is 0 Å². The summed E-state index contributed by atoms with van der Waals surface area (Å²) in [5, 5.41) is 9.00. The van der Waals surface area contributed by atoms with Crippen LogP contribution in [0.5, 0.6) is 0 Å². The van der Waals surface area contributed by atoms with Crippen LogP contribution < -0.4 is 0 Å². The average Bonchev–Trinajstić information content (AvgIpc) is 2.65. The van der Waals surface area contributed by atoms with Crippen LogP contribution in [-0.2, 0) is 9.59 Å². The molecule has 0 bridgehead atoms. The fourth-order valence-corrected chi connectivity index (χ4v) is 2.12. The number of carbonyl (C=O) groups excluding carboxylic acids is 1. The molecule has 1 aliphatic rings. The second kappa shape index (κ2) is 5.07. The van der Waals surface area contributed by atoms with E-state index in [2.05, 4.69) is 13.8 Å². The van der Waals surface area contributed by atoms with Gasteiger partial charge in [0.25, 0.3) is 0 Å². The number of carboxylic acid groups (broad SMARTS) is 1. The van der Waals surface area contributed by atoms with E-state index in [4.69, 9.17) is 5.11 Å². The first-order chi connectivity index (χ1) is 7.74. The van der Waals surface area contributed by atoms with Crippen LogP contribution in [0.15, 0.2) is 0 Å². The average molecular weight is 241 g/mol. The molecule has 0 saturated carbocycles. The van der Waals surface area contributed by atoms with Crippen LogP contribution in [0.25, 0.3) is 0 Å². The van der Waals surface area contributed by atoms with Crippen LogP contribution in [0.4, 0.5) is 0 Å². The molecule has 1 N–H and O–H groups in total. The lowest BCUT2D eigenvalue weighted by Crippen LogP contribution is -2.36. The number of nitrogens with zero attached hydrogens (tertiary/aromatic N) is 1. The summed E-state index contributed by atoms with van der Waals surface area (Å²) < 4.78 is 0. The molecule has 1 heterocycles. The molecule has 4 nitrogen and oxygen atoms in total. The summed E-state index contributed by atoms with van der Waals surface area (Å²) in [7, 11) is 0. The van der Waals surface area contributed by atoms with Crippen molar-refractivity contribution in [2.45, 2.75) is 40.5 Å². The molecule has 0 aromatic carbocycles. The zero-order valence-electron chi connectivity index (χ0n) is 11.2. The molecule has 1 rings (SSSR count). The molecule has 0 aromatic heterocycles. The van der Waals surface area contributed by atoms with E-state index in [0.717, 1.165) is 19.5 Å². The van der Waals surface area contributed by atoms with Gasteiger partial charge in [-0.25, -0.2) is 0 Å². The highest BCUT2D eigenvalue weighted by molar-refractivity contribution is 5.84. The van der Waals surface area contributed by atoms with Crippen molar-refractivity contribution in [2.24, 2.45) is 17.3 Å². The zero-order chi connectivity index (χ0) is 13.2. The molecule has 1 atom stereocenters. The summed E-state index contributed by atoms with van der Waals surface area (Å²) in [6.07, 6.45) is 1.13. The number of likely N-dealkylation sites (tertiary alicyclic amines) is 1. The molecule has 1 aliphatic heterocycles. The van der Waals surface area contributed by atoms with Gasteiger partial charge in [0.05, 0.1) is 5.41 Å². The van der Waals surface area contributed by atoms with Gasteiger partial charge in [0.2, 0.25) is 5.91 Å². The maximum Gasteiger partial charge on any atom is 0.309 e. The molecule has 98 valence electrons. The molecular weight excluding hydrogens is 218 g/mol. The minimum Gasteiger partial charge on any atom is -0.481 e. The van der Waals surface area contributed by atoms with E-state index in [1.54, 1.807) is 13.8 Å². The third-order valence-electron chi connectivity index (χ3n) is 3.69. The van der Waals surface area contributed by atoms with Gasteiger partial charge in [0.1, 0.15) is 0 Å². The number of rotatable bonds is 4. The Hall–Kier alpha value is -1.06. The molecule has 0 spiro atoms. The SMILES string of the molecule is CC(C)C1CCN(C(=O)CC(C)(C)C(=O)O)C1.